The highest BCUT2D eigenvalue weighted by molar-refractivity contribution is 6.30. The fourth-order valence-corrected chi connectivity index (χ4v) is 2.50. The number of anilines is 1. The van der Waals surface area contributed by atoms with Crippen molar-refractivity contribution >= 4 is 23.1 Å². The smallest absolute Gasteiger partial charge is 0.313 e. The van der Waals surface area contributed by atoms with Crippen LogP contribution in [-0.4, -0.2) is 46.4 Å². The summed E-state index contributed by atoms with van der Waals surface area (Å²) < 4.78 is 5.68. The Labute approximate surface area is 121 Å². The highest BCUT2D eigenvalue weighted by Crippen LogP contribution is 2.32. The molecule has 110 valence electrons. The van der Waals surface area contributed by atoms with E-state index >= 15 is 0 Å². The Kier molecular flexibility index (Phi) is 4.12. The first-order valence-corrected chi connectivity index (χ1v) is 6.54. The van der Waals surface area contributed by atoms with Gasteiger partial charge in [0.1, 0.15) is 0 Å². The van der Waals surface area contributed by atoms with Crippen LogP contribution in [0.3, 0.4) is 0 Å². The third-order valence-electron chi connectivity index (χ3n) is 3.00. The minimum atomic E-state index is -0.527. The molecule has 0 bridgehead atoms. The van der Waals surface area contributed by atoms with Gasteiger partial charge in [-0.05, 0) is 13.8 Å². The normalized spacial score (nSPS) is 21.8. The molecule has 0 aromatic carbocycles. The summed E-state index contributed by atoms with van der Waals surface area (Å²) in [6.45, 7) is 4.36. The second kappa shape index (κ2) is 5.51. The minimum Gasteiger partial charge on any atom is -0.394 e. The zero-order valence-electron chi connectivity index (χ0n) is 11.2. The lowest BCUT2D eigenvalue weighted by Crippen LogP contribution is -2.54. The van der Waals surface area contributed by atoms with Crippen LogP contribution in [-0.2, 0) is 4.74 Å². The highest BCUT2D eigenvalue weighted by atomic mass is 35.5. The number of halogens is 1. The Balaban J connectivity index is 2.37. The second-order valence-electron chi connectivity index (χ2n) is 5.32. The number of hydrogen-bond acceptors (Lipinski definition) is 6. The van der Waals surface area contributed by atoms with Gasteiger partial charge < -0.3 is 14.7 Å². The summed E-state index contributed by atoms with van der Waals surface area (Å²) in [5, 5.41) is 20.6. The Hall–Kier alpha value is -1.44. The number of nitrogens with zero attached hydrogens (tertiary/aromatic N) is 3. The maximum atomic E-state index is 11.1. The van der Waals surface area contributed by atoms with Crippen molar-refractivity contribution in [2.45, 2.75) is 25.6 Å². The van der Waals surface area contributed by atoms with Crippen LogP contribution in [0.5, 0.6) is 0 Å². The molecule has 0 aliphatic carbocycles. The van der Waals surface area contributed by atoms with E-state index in [1.165, 1.54) is 12.3 Å². The molecule has 0 amide bonds. The first kappa shape index (κ1) is 15.0. The van der Waals surface area contributed by atoms with E-state index in [1.54, 1.807) is 4.90 Å². The molecule has 1 saturated heterocycles. The van der Waals surface area contributed by atoms with E-state index < -0.39 is 16.6 Å². The van der Waals surface area contributed by atoms with Crippen LogP contribution >= 0.6 is 11.6 Å². The molecular weight excluding hydrogens is 286 g/mol. The predicted molar refractivity (Wildman–Crippen MR) is 74.2 cm³/mol. The Morgan fingerprint density at radius 1 is 1.70 bits per heavy atom. The van der Waals surface area contributed by atoms with Gasteiger partial charge >= 0.3 is 5.69 Å². The first-order chi connectivity index (χ1) is 9.32. The van der Waals surface area contributed by atoms with E-state index in [1.807, 2.05) is 13.8 Å². The molecule has 1 unspecified atom stereocenters. The van der Waals surface area contributed by atoms with Gasteiger partial charge in [-0.15, -0.1) is 0 Å². The van der Waals surface area contributed by atoms with Gasteiger partial charge in [0.2, 0.25) is 5.82 Å². The van der Waals surface area contributed by atoms with Crippen molar-refractivity contribution in [3.05, 3.63) is 27.4 Å². The standard InChI is InChI=1S/C12H16ClN3O4/c1-12(2)7-15(5-9(6-17)20-12)11-10(16(18)19)3-8(13)4-14-11/h3-4,9,17H,5-7H2,1-2H3. The fraction of sp³-hybridized carbons (Fsp3) is 0.583. The molecule has 1 N–H and O–H groups in total. The molecule has 1 aromatic rings. The summed E-state index contributed by atoms with van der Waals surface area (Å²) in [5.74, 6) is 0.245. The molecule has 0 saturated carbocycles. The number of ether oxygens (including phenoxy) is 1. The van der Waals surface area contributed by atoms with Gasteiger partial charge in [0.25, 0.3) is 0 Å². The molecule has 1 aliphatic rings. The Morgan fingerprint density at radius 2 is 2.40 bits per heavy atom. The van der Waals surface area contributed by atoms with Gasteiger partial charge in [0.05, 0.1) is 28.3 Å². The van der Waals surface area contributed by atoms with E-state index in [2.05, 4.69) is 4.98 Å². The Morgan fingerprint density at radius 3 is 3.00 bits per heavy atom. The van der Waals surface area contributed by atoms with Gasteiger partial charge in [-0.2, -0.15) is 0 Å². The number of pyridine rings is 1. The molecule has 2 rings (SSSR count). The number of nitro groups is 1. The van der Waals surface area contributed by atoms with E-state index in [0.717, 1.165) is 0 Å². The van der Waals surface area contributed by atoms with Crippen LogP contribution in [0.15, 0.2) is 12.3 Å². The number of hydrogen-bond donors (Lipinski definition) is 1. The lowest BCUT2D eigenvalue weighted by molar-refractivity contribution is -0.384. The monoisotopic (exact) mass is 301 g/mol. The molecule has 1 aliphatic heterocycles. The summed E-state index contributed by atoms with van der Waals surface area (Å²) in [5.41, 5.74) is -0.673. The van der Waals surface area contributed by atoms with Crippen LogP contribution in [0.2, 0.25) is 5.02 Å². The highest BCUT2D eigenvalue weighted by Gasteiger charge is 2.36. The van der Waals surface area contributed by atoms with Crippen LogP contribution < -0.4 is 4.90 Å². The average Bonchev–Trinajstić information content (AvgIpc) is 2.36. The molecule has 2 heterocycles. The molecule has 7 nitrogen and oxygen atoms in total. The van der Waals surface area contributed by atoms with Gasteiger partial charge in [0, 0.05) is 25.4 Å². The second-order valence-corrected chi connectivity index (χ2v) is 5.75. The third-order valence-corrected chi connectivity index (χ3v) is 3.20. The quantitative estimate of drug-likeness (QED) is 0.674. The minimum absolute atomic E-state index is 0.146. The summed E-state index contributed by atoms with van der Waals surface area (Å²) in [6, 6.07) is 1.28. The van der Waals surface area contributed by atoms with E-state index in [0.29, 0.717) is 13.1 Å². The van der Waals surface area contributed by atoms with Gasteiger partial charge in [-0.1, -0.05) is 11.6 Å². The maximum Gasteiger partial charge on any atom is 0.313 e. The van der Waals surface area contributed by atoms with Crippen LogP contribution in [0.1, 0.15) is 13.8 Å². The van der Waals surface area contributed by atoms with Gasteiger partial charge in [0.15, 0.2) is 0 Å². The van der Waals surface area contributed by atoms with Crippen molar-refractivity contribution in [2.24, 2.45) is 0 Å². The van der Waals surface area contributed by atoms with Crippen molar-refractivity contribution in [1.29, 1.82) is 0 Å². The van der Waals surface area contributed by atoms with Gasteiger partial charge in [-0.25, -0.2) is 4.98 Å². The fourth-order valence-electron chi connectivity index (χ4n) is 2.35. The lowest BCUT2D eigenvalue weighted by Gasteiger charge is -2.42. The molecule has 0 radical (unpaired) electrons. The summed E-state index contributed by atoms with van der Waals surface area (Å²) in [7, 11) is 0. The molecule has 8 heteroatoms. The molecular formula is C12H16ClN3O4. The van der Waals surface area contributed by atoms with E-state index in [-0.39, 0.29) is 23.1 Å². The number of aliphatic hydroxyl groups excluding tert-OH is 1. The Bertz CT molecular complexity index is 523. The number of aliphatic hydroxyl groups is 1. The number of morpholine rings is 1. The van der Waals surface area contributed by atoms with Crippen molar-refractivity contribution < 1.29 is 14.8 Å². The summed E-state index contributed by atoms with van der Waals surface area (Å²) >= 11 is 5.76. The molecule has 0 spiro atoms. The van der Waals surface area contributed by atoms with Crippen molar-refractivity contribution in [3.63, 3.8) is 0 Å². The summed E-state index contributed by atoms with van der Waals surface area (Å²) in [4.78, 5) is 16.4. The number of rotatable bonds is 3. The molecule has 20 heavy (non-hydrogen) atoms. The maximum absolute atomic E-state index is 11.1. The molecule has 1 fully saturated rings. The zero-order valence-corrected chi connectivity index (χ0v) is 12.0. The predicted octanol–water partition coefficient (Wildman–Crippen LogP) is 1.62. The van der Waals surface area contributed by atoms with Gasteiger partial charge in [-0.3, -0.25) is 10.1 Å². The average molecular weight is 302 g/mol. The van der Waals surface area contributed by atoms with E-state index in [4.69, 9.17) is 16.3 Å². The lowest BCUT2D eigenvalue weighted by atomic mass is 10.1. The van der Waals surface area contributed by atoms with Crippen molar-refractivity contribution in [2.75, 3.05) is 24.6 Å². The third kappa shape index (κ3) is 3.17. The first-order valence-electron chi connectivity index (χ1n) is 6.16. The summed E-state index contributed by atoms with van der Waals surface area (Å²) in [6.07, 6.45) is 0.969. The van der Waals surface area contributed by atoms with Crippen LogP contribution in [0, 0.1) is 10.1 Å². The largest absolute Gasteiger partial charge is 0.394 e. The molecule has 1 atom stereocenters. The molecule has 1 aromatic heterocycles. The van der Waals surface area contributed by atoms with Crippen LogP contribution in [0.4, 0.5) is 11.5 Å². The van der Waals surface area contributed by atoms with E-state index in [9.17, 15) is 15.2 Å². The zero-order chi connectivity index (χ0) is 14.9. The van der Waals surface area contributed by atoms with Crippen LogP contribution in [0.25, 0.3) is 0 Å². The van der Waals surface area contributed by atoms with Crippen molar-refractivity contribution in [1.82, 2.24) is 4.98 Å². The van der Waals surface area contributed by atoms with Crippen molar-refractivity contribution in [3.8, 4) is 0 Å². The SMILES string of the molecule is CC1(C)CN(c2ncc(Cl)cc2[N+](=O)[O-])CC(CO)O1. The topological polar surface area (TPSA) is 88.7 Å². The number of aromatic nitrogens is 1.